The van der Waals surface area contributed by atoms with Crippen LogP contribution in [-0.2, 0) is 11.3 Å². The second kappa shape index (κ2) is 6.53. The molecule has 0 saturated carbocycles. The summed E-state index contributed by atoms with van der Waals surface area (Å²) in [7, 11) is 1.58. The number of nitrogens with one attached hydrogen (secondary N) is 1. The molecule has 2 aromatic heterocycles. The molecule has 2 heterocycles. The molecule has 0 atom stereocenters. The van der Waals surface area contributed by atoms with E-state index in [1.165, 1.54) is 0 Å². The zero-order valence-corrected chi connectivity index (χ0v) is 12.8. The van der Waals surface area contributed by atoms with E-state index in [-0.39, 0.29) is 5.91 Å². The lowest BCUT2D eigenvalue weighted by molar-refractivity contribution is 0.0927. The Balaban J connectivity index is 2.18. The van der Waals surface area contributed by atoms with E-state index in [1.807, 2.05) is 24.6 Å². The Kier molecular flexibility index (Phi) is 4.74. The summed E-state index contributed by atoms with van der Waals surface area (Å²) in [6.07, 6.45) is 0. The zero-order valence-electron chi connectivity index (χ0n) is 12.8. The number of hydrogen-bond acceptors (Lipinski definition) is 5. The van der Waals surface area contributed by atoms with Crippen LogP contribution in [-0.4, -0.2) is 41.1 Å². The van der Waals surface area contributed by atoms with E-state index in [0.717, 1.165) is 17.0 Å². The largest absolute Gasteiger partial charge is 0.383 e. The summed E-state index contributed by atoms with van der Waals surface area (Å²) in [6, 6.07) is 1.99. The summed E-state index contributed by atoms with van der Waals surface area (Å²) in [5.74, 6) is 0.361. The van der Waals surface area contributed by atoms with Gasteiger partial charge in [0.15, 0.2) is 5.69 Å². The van der Waals surface area contributed by atoms with Crippen molar-refractivity contribution in [1.29, 1.82) is 0 Å². The van der Waals surface area contributed by atoms with Crippen LogP contribution in [0.2, 0.25) is 0 Å². The SMILES string of the molecule is COCCNC(=O)c1noc(C)c1Cn1nc(C)cc1C. The Morgan fingerprint density at radius 3 is 2.81 bits per heavy atom. The third-order valence-electron chi connectivity index (χ3n) is 3.20. The quantitative estimate of drug-likeness (QED) is 0.810. The third-order valence-corrected chi connectivity index (χ3v) is 3.20. The molecule has 0 fully saturated rings. The van der Waals surface area contributed by atoms with Crippen molar-refractivity contribution >= 4 is 5.91 Å². The standard InChI is InChI=1S/C14H20N4O3/c1-9-7-10(2)18(16-9)8-12-11(3)21-17-13(12)14(19)15-5-6-20-4/h7H,5-6,8H2,1-4H3,(H,15,19). The van der Waals surface area contributed by atoms with Crippen molar-refractivity contribution < 1.29 is 14.1 Å². The molecular weight excluding hydrogens is 272 g/mol. The van der Waals surface area contributed by atoms with Crippen molar-refractivity contribution in [3.05, 3.63) is 34.5 Å². The van der Waals surface area contributed by atoms with Crippen LogP contribution < -0.4 is 5.32 Å². The lowest BCUT2D eigenvalue weighted by Crippen LogP contribution is -2.28. The highest BCUT2D eigenvalue weighted by Gasteiger charge is 2.20. The first-order valence-electron chi connectivity index (χ1n) is 6.76. The first kappa shape index (κ1) is 15.2. The van der Waals surface area contributed by atoms with Crippen LogP contribution in [0.15, 0.2) is 10.6 Å². The highest BCUT2D eigenvalue weighted by molar-refractivity contribution is 5.93. The van der Waals surface area contributed by atoms with Crippen LogP contribution >= 0.6 is 0 Å². The number of carbonyl (C=O) groups excluding carboxylic acids is 1. The number of aromatic nitrogens is 3. The predicted octanol–water partition coefficient (Wildman–Crippen LogP) is 1.22. The Bertz CT molecular complexity index is 630. The van der Waals surface area contributed by atoms with Crippen molar-refractivity contribution in [2.75, 3.05) is 20.3 Å². The second-order valence-corrected chi connectivity index (χ2v) is 4.90. The normalized spacial score (nSPS) is 10.9. The maximum Gasteiger partial charge on any atom is 0.273 e. The molecule has 0 spiro atoms. The minimum atomic E-state index is -0.263. The third kappa shape index (κ3) is 3.49. The smallest absolute Gasteiger partial charge is 0.273 e. The molecule has 0 aliphatic carbocycles. The van der Waals surface area contributed by atoms with Gasteiger partial charge < -0.3 is 14.6 Å². The molecule has 0 bridgehead atoms. The molecule has 7 heteroatoms. The van der Waals surface area contributed by atoms with Crippen molar-refractivity contribution in [1.82, 2.24) is 20.3 Å². The van der Waals surface area contributed by atoms with Gasteiger partial charge in [-0.2, -0.15) is 5.10 Å². The molecule has 0 unspecified atom stereocenters. The summed E-state index contributed by atoms with van der Waals surface area (Å²) < 4.78 is 11.9. The van der Waals surface area contributed by atoms with Gasteiger partial charge in [-0.25, -0.2) is 0 Å². The van der Waals surface area contributed by atoms with Gasteiger partial charge >= 0.3 is 0 Å². The number of ether oxygens (including phenoxy) is 1. The number of amides is 1. The number of hydrogen-bond donors (Lipinski definition) is 1. The van der Waals surface area contributed by atoms with Gasteiger partial charge in [0.05, 0.1) is 18.8 Å². The topological polar surface area (TPSA) is 82.2 Å². The van der Waals surface area contributed by atoms with Gasteiger partial charge in [-0.05, 0) is 26.8 Å². The van der Waals surface area contributed by atoms with Gasteiger partial charge in [0.2, 0.25) is 0 Å². The van der Waals surface area contributed by atoms with Crippen molar-refractivity contribution in [3.8, 4) is 0 Å². The Hall–Kier alpha value is -2.15. The molecular formula is C14H20N4O3. The van der Waals surface area contributed by atoms with Crippen LogP contribution in [0.5, 0.6) is 0 Å². The predicted molar refractivity (Wildman–Crippen MR) is 76.3 cm³/mol. The summed E-state index contributed by atoms with van der Waals surface area (Å²) in [6.45, 7) is 7.04. The number of methoxy groups -OCH3 is 1. The monoisotopic (exact) mass is 292 g/mol. The zero-order chi connectivity index (χ0) is 15.4. The maximum absolute atomic E-state index is 12.1. The highest BCUT2D eigenvalue weighted by Crippen LogP contribution is 2.16. The number of carbonyl (C=O) groups is 1. The lowest BCUT2D eigenvalue weighted by Gasteiger charge is -2.06. The summed E-state index contributed by atoms with van der Waals surface area (Å²) in [5, 5.41) is 11.0. The molecule has 2 aromatic rings. The highest BCUT2D eigenvalue weighted by atomic mass is 16.5. The van der Waals surface area contributed by atoms with E-state index >= 15 is 0 Å². The van der Waals surface area contributed by atoms with Crippen LogP contribution in [0.25, 0.3) is 0 Å². The molecule has 21 heavy (non-hydrogen) atoms. The molecule has 7 nitrogen and oxygen atoms in total. The first-order chi connectivity index (χ1) is 10.0. The molecule has 0 radical (unpaired) electrons. The van der Waals surface area contributed by atoms with E-state index in [4.69, 9.17) is 9.26 Å². The number of rotatable bonds is 6. The molecule has 0 saturated heterocycles. The van der Waals surface area contributed by atoms with Gasteiger partial charge in [-0.1, -0.05) is 5.16 Å². The first-order valence-corrected chi connectivity index (χ1v) is 6.76. The van der Waals surface area contributed by atoms with E-state index in [0.29, 0.717) is 31.2 Å². The molecule has 114 valence electrons. The number of aryl methyl sites for hydroxylation is 3. The average molecular weight is 292 g/mol. The summed E-state index contributed by atoms with van der Waals surface area (Å²) in [4.78, 5) is 12.1. The fourth-order valence-corrected chi connectivity index (χ4v) is 2.09. The van der Waals surface area contributed by atoms with Crippen molar-refractivity contribution in [2.24, 2.45) is 0 Å². The minimum Gasteiger partial charge on any atom is -0.383 e. The van der Waals surface area contributed by atoms with Gasteiger partial charge in [0.25, 0.3) is 5.91 Å². The van der Waals surface area contributed by atoms with E-state index < -0.39 is 0 Å². The molecule has 0 aromatic carbocycles. The van der Waals surface area contributed by atoms with Crippen molar-refractivity contribution in [2.45, 2.75) is 27.3 Å². The second-order valence-electron chi connectivity index (χ2n) is 4.90. The van der Waals surface area contributed by atoms with Gasteiger partial charge in [-0.15, -0.1) is 0 Å². The molecule has 0 aliphatic rings. The number of nitrogens with zero attached hydrogens (tertiary/aromatic N) is 3. The molecule has 1 N–H and O–H groups in total. The fourth-order valence-electron chi connectivity index (χ4n) is 2.09. The fraction of sp³-hybridized carbons (Fsp3) is 0.500. The van der Waals surface area contributed by atoms with Gasteiger partial charge in [0.1, 0.15) is 5.76 Å². The average Bonchev–Trinajstić information content (AvgIpc) is 2.94. The molecule has 1 amide bonds. The van der Waals surface area contributed by atoms with E-state index in [1.54, 1.807) is 14.0 Å². The Morgan fingerprint density at radius 1 is 1.43 bits per heavy atom. The van der Waals surface area contributed by atoms with Crippen molar-refractivity contribution in [3.63, 3.8) is 0 Å². The maximum atomic E-state index is 12.1. The Labute approximate surface area is 123 Å². The van der Waals surface area contributed by atoms with Crippen LogP contribution in [0.4, 0.5) is 0 Å². The summed E-state index contributed by atoms with van der Waals surface area (Å²) in [5.41, 5.74) is 3.01. The van der Waals surface area contributed by atoms with E-state index in [9.17, 15) is 4.79 Å². The van der Waals surface area contributed by atoms with E-state index in [2.05, 4.69) is 15.6 Å². The van der Waals surface area contributed by atoms with Gasteiger partial charge in [-0.3, -0.25) is 9.48 Å². The Morgan fingerprint density at radius 2 is 2.19 bits per heavy atom. The van der Waals surface area contributed by atoms with Crippen LogP contribution in [0.1, 0.15) is 33.2 Å². The van der Waals surface area contributed by atoms with Gasteiger partial charge in [0, 0.05) is 24.9 Å². The molecule has 0 aliphatic heterocycles. The minimum absolute atomic E-state index is 0.263. The van der Waals surface area contributed by atoms with Crippen LogP contribution in [0.3, 0.4) is 0 Å². The lowest BCUT2D eigenvalue weighted by atomic mass is 10.2. The van der Waals surface area contributed by atoms with Crippen LogP contribution in [0, 0.1) is 20.8 Å². The molecule has 2 rings (SSSR count). The summed E-state index contributed by atoms with van der Waals surface area (Å²) >= 11 is 0.